The van der Waals surface area contributed by atoms with E-state index in [0.717, 1.165) is 0 Å². The lowest BCUT2D eigenvalue weighted by molar-refractivity contribution is -0.167. The van der Waals surface area contributed by atoms with Gasteiger partial charge < -0.3 is 15.4 Å². The molecule has 13 heavy (non-hydrogen) atoms. The fourth-order valence-electron chi connectivity index (χ4n) is 0.556. The molecule has 0 spiro atoms. The summed E-state index contributed by atoms with van der Waals surface area (Å²) in [5, 5.41) is 0. The number of hydrogen-bond donors (Lipinski definition) is 4. The van der Waals surface area contributed by atoms with Crippen molar-refractivity contribution >= 4 is 11.9 Å². The summed E-state index contributed by atoms with van der Waals surface area (Å²) in [6, 6.07) is -1.49. The fourth-order valence-corrected chi connectivity index (χ4v) is 0.556. The zero-order valence-electron chi connectivity index (χ0n) is 6.51. The van der Waals surface area contributed by atoms with Gasteiger partial charge in [0.2, 0.25) is 6.10 Å². The average Bonchev–Trinajstić information content (AvgIpc) is 2.17. The van der Waals surface area contributed by atoms with E-state index >= 15 is 0 Å². The summed E-state index contributed by atoms with van der Waals surface area (Å²) in [6.45, 7) is 0. The molecule has 0 aromatic rings. The Morgan fingerprint density at radius 2 is 1.46 bits per heavy atom. The molecule has 0 bridgehead atoms. The van der Waals surface area contributed by atoms with Gasteiger partial charge in [0, 0.05) is 0 Å². The van der Waals surface area contributed by atoms with Gasteiger partial charge in [-0.15, -0.1) is 0 Å². The molecular formula is C4H10N4O5. The van der Waals surface area contributed by atoms with E-state index in [1.165, 1.54) is 0 Å². The summed E-state index contributed by atoms with van der Waals surface area (Å²) >= 11 is 0. The van der Waals surface area contributed by atoms with Crippen molar-refractivity contribution in [2.45, 2.75) is 12.1 Å². The van der Waals surface area contributed by atoms with Crippen LogP contribution in [0.5, 0.6) is 0 Å². The molecule has 0 amide bonds. The Kier molecular flexibility index (Phi) is 4.87. The third kappa shape index (κ3) is 2.93. The van der Waals surface area contributed by atoms with E-state index in [4.69, 9.17) is 5.73 Å². The molecule has 0 saturated carbocycles. The molecule has 76 valence electrons. The van der Waals surface area contributed by atoms with E-state index in [-0.39, 0.29) is 0 Å². The van der Waals surface area contributed by atoms with Crippen LogP contribution in [0, 0.1) is 0 Å². The van der Waals surface area contributed by atoms with E-state index < -0.39 is 24.1 Å². The SMILES string of the molecule is NOC(=O)C(N)C(ON)C(=O)ON. The minimum Gasteiger partial charge on any atom is -0.372 e. The summed E-state index contributed by atoms with van der Waals surface area (Å²) < 4.78 is 0. The predicted molar refractivity (Wildman–Crippen MR) is 37.6 cm³/mol. The Morgan fingerprint density at radius 3 is 1.77 bits per heavy atom. The summed E-state index contributed by atoms with van der Waals surface area (Å²) in [6.07, 6.45) is -1.55. The van der Waals surface area contributed by atoms with E-state index in [1.807, 2.05) is 0 Å². The molecule has 0 aliphatic heterocycles. The van der Waals surface area contributed by atoms with Crippen LogP contribution in [-0.2, 0) is 24.1 Å². The Balaban J connectivity index is 4.39. The maximum atomic E-state index is 10.7. The van der Waals surface area contributed by atoms with Crippen LogP contribution in [0.2, 0.25) is 0 Å². The Hall–Kier alpha value is -1.26. The van der Waals surface area contributed by atoms with Gasteiger partial charge in [0.25, 0.3) is 0 Å². The Bertz CT molecular complexity index is 197. The first kappa shape index (κ1) is 11.7. The number of hydrogen-bond acceptors (Lipinski definition) is 9. The molecule has 8 N–H and O–H groups in total. The summed E-state index contributed by atoms with van der Waals surface area (Å²) in [5.74, 6) is 11.5. The van der Waals surface area contributed by atoms with Gasteiger partial charge in [-0.2, -0.15) is 11.8 Å². The van der Waals surface area contributed by atoms with Gasteiger partial charge >= 0.3 is 11.9 Å². The molecule has 0 heterocycles. The van der Waals surface area contributed by atoms with Gasteiger partial charge in [-0.05, 0) is 0 Å². The maximum absolute atomic E-state index is 10.7. The quantitative estimate of drug-likeness (QED) is 0.330. The second-order valence-electron chi connectivity index (χ2n) is 1.96. The molecule has 2 atom stereocenters. The van der Waals surface area contributed by atoms with Crippen molar-refractivity contribution in [3.8, 4) is 0 Å². The van der Waals surface area contributed by atoms with Crippen LogP contribution in [0.4, 0.5) is 0 Å². The molecule has 0 saturated heterocycles. The monoisotopic (exact) mass is 194 g/mol. The van der Waals surface area contributed by atoms with Crippen LogP contribution in [0.3, 0.4) is 0 Å². The highest BCUT2D eigenvalue weighted by Crippen LogP contribution is 1.97. The summed E-state index contributed by atoms with van der Waals surface area (Å²) in [5.41, 5.74) is 5.14. The van der Waals surface area contributed by atoms with Crippen molar-refractivity contribution in [3.05, 3.63) is 0 Å². The van der Waals surface area contributed by atoms with Crippen LogP contribution in [-0.4, -0.2) is 24.1 Å². The van der Waals surface area contributed by atoms with Crippen molar-refractivity contribution in [2.75, 3.05) is 0 Å². The molecule has 2 unspecified atom stereocenters. The Labute approximate surface area is 72.7 Å². The molecule has 9 heteroatoms. The number of rotatable bonds is 4. The maximum Gasteiger partial charge on any atom is 0.358 e. The highest BCUT2D eigenvalue weighted by molar-refractivity contribution is 5.85. The Morgan fingerprint density at radius 1 is 1.00 bits per heavy atom. The molecular weight excluding hydrogens is 184 g/mol. The summed E-state index contributed by atoms with van der Waals surface area (Å²) in [7, 11) is 0. The lowest BCUT2D eigenvalue weighted by Gasteiger charge is -2.15. The van der Waals surface area contributed by atoms with E-state index in [2.05, 4.69) is 32.2 Å². The van der Waals surface area contributed by atoms with Crippen molar-refractivity contribution in [2.24, 2.45) is 23.4 Å². The second-order valence-corrected chi connectivity index (χ2v) is 1.96. The van der Waals surface area contributed by atoms with Gasteiger partial charge in [-0.25, -0.2) is 15.5 Å². The predicted octanol–water partition coefficient (Wildman–Crippen LogP) is -3.59. The van der Waals surface area contributed by atoms with Gasteiger partial charge in [-0.1, -0.05) is 0 Å². The number of nitrogens with two attached hydrogens (primary N) is 4. The lowest BCUT2D eigenvalue weighted by Crippen LogP contribution is -2.51. The third-order valence-corrected chi connectivity index (χ3v) is 1.21. The van der Waals surface area contributed by atoms with Gasteiger partial charge in [0.15, 0.2) is 0 Å². The average molecular weight is 194 g/mol. The molecule has 0 fully saturated rings. The van der Waals surface area contributed by atoms with E-state index in [0.29, 0.717) is 0 Å². The number of carbonyl (C=O) groups is 2. The van der Waals surface area contributed by atoms with Gasteiger partial charge in [0.1, 0.15) is 6.04 Å². The highest BCUT2D eigenvalue weighted by atomic mass is 16.7. The minimum atomic E-state index is -1.55. The van der Waals surface area contributed by atoms with Crippen LogP contribution >= 0.6 is 0 Å². The van der Waals surface area contributed by atoms with Crippen LogP contribution in [0.25, 0.3) is 0 Å². The lowest BCUT2D eigenvalue weighted by atomic mass is 10.2. The molecule has 0 radical (unpaired) electrons. The molecule has 9 nitrogen and oxygen atoms in total. The van der Waals surface area contributed by atoms with Crippen molar-refractivity contribution < 1.29 is 24.1 Å². The second kappa shape index (κ2) is 5.40. The minimum absolute atomic E-state index is 1.08. The van der Waals surface area contributed by atoms with Crippen LogP contribution in [0.1, 0.15) is 0 Å². The topological polar surface area (TPSA) is 166 Å². The van der Waals surface area contributed by atoms with Gasteiger partial charge in [0.05, 0.1) is 0 Å². The zero-order chi connectivity index (χ0) is 10.4. The van der Waals surface area contributed by atoms with Crippen LogP contribution < -0.4 is 23.4 Å². The highest BCUT2D eigenvalue weighted by Gasteiger charge is 2.34. The molecule has 0 aliphatic rings. The van der Waals surface area contributed by atoms with Crippen molar-refractivity contribution in [1.82, 2.24) is 0 Å². The summed E-state index contributed by atoms with van der Waals surface area (Å²) in [4.78, 5) is 32.9. The van der Waals surface area contributed by atoms with Crippen LogP contribution in [0.15, 0.2) is 0 Å². The normalized spacial score (nSPS) is 14.5. The fraction of sp³-hybridized carbons (Fsp3) is 0.500. The van der Waals surface area contributed by atoms with Gasteiger partial charge in [-0.3, -0.25) is 4.84 Å². The molecule has 0 rings (SSSR count). The van der Waals surface area contributed by atoms with Crippen molar-refractivity contribution in [1.29, 1.82) is 0 Å². The first-order valence-electron chi connectivity index (χ1n) is 3.00. The largest absolute Gasteiger partial charge is 0.372 e. The number of carbonyl (C=O) groups excluding carboxylic acids is 2. The zero-order valence-corrected chi connectivity index (χ0v) is 6.51. The molecule has 0 aliphatic carbocycles. The van der Waals surface area contributed by atoms with E-state index in [9.17, 15) is 9.59 Å². The van der Waals surface area contributed by atoms with Crippen molar-refractivity contribution in [3.63, 3.8) is 0 Å². The molecule has 0 aromatic carbocycles. The standard InChI is InChI=1S/C4H10N4O5/c5-1(3(9)12-7)2(11-6)4(10)13-8/h1-2H,5-8H2. The first-order valence-corrected chi connectivity index (χ1v) is 3.00. The third-order valence-electron chi connectivity index (χ3n) is 1.21. The first-order chi connectivity index (χ1) is 6.08. The molecule has 0 aromatic heterocycles. The van der Waals surface area contributed by atoms with E-state index in [1.54, 1.807) is 0 Å². The smallest absolute Gasteiger partial charge is 0.358 e.